The van der Waals surface area contributed by atoms with Crippen LogP contribution in [0.25, 0.3) is 22.3 Å². The zero-order valence-electron chi connectivity index (χ0n) is 12.7. The summed E-state index contributed by atoms with van der Waals surface area (Å²) in [6.45, 7) is 0. The van der Waals surface area contributed by atoms with Crippen LogP contribution in [0.2, 0.25) is 5.15 Å². The predicted octanol–water partition coefficient (Wildman–Crippen LogP) is 4.42. The minimum absolute atomic E-state index is 0.485. The van der Waals surface area contributed by atoms with E-state index in [4.69, 9.17) is 11.6 Å². The highest BCUT2D eigenvalue weighted by Gasteiger charge is 2.15. The molecule has 0 amide bonds. The number of aromatic nitrogens is 4. The van der Waals surface area contributed by atoms with Crippen LogP contribution in [0.5, 0.6) is 0 Å². The zero-order valence-corrected chi connectivity index (χ0v) is 13.5. The van der Waals surface area contributed by atoms with Crippen molar-refractivity contribution in [2.24, 2.45) is 0 Å². The molecule has 23 heavy (non-hydrogen) atoms. The second-order valence-corrected chi connectivity index (χ2v) is 6.39. The number of nitrogens with zero attached hydrogens (tertiary/aromatic N) is 3. The van der Waals surface area contributed by atoms with Gasteiger partial charge in [0.25, 0.3) is 0 Å². The van der Waals surface area contributed by atoms with E-state index in [0.717, 1.165) is 28.1 Å². The van der Waals surface area contributed by atoms with Gasteiger partial charge < -0.3 is 10.3 Å². The third-order valence-corrected chi connectivity index (χ3v) is 4.56. The van der Waals surface area contributed by atoms with Crippen LogP contribution in [0, 0.1) is 0 Å². The highest BCUT2D eigenvalue weighted by Crippen LogP contribution is 2.30. The Morgan fingerprint density at radius 1 is 1.09 bits per heavy atom. The maximum absolute atomic E-state index is 6.24. The molecule has 0 aliphatic heterocycles. The Balaban J connectivity index is 1.68. The molecule has 0 radical (unpaired) electrons. The lowest BCUT2D eigenvalue weighted by Gasteiger charge is -2.23. The number of hydrogen-bond acceptors (Lipinski definition) is 4. The Hall–Kier alpha value is -2.14. The summed E-state index contributed by atoms with van der Waals surface area (Å²) in [7, 11) is 0. The van der Waals surface area contributed by atoms with Crippen LogP contribution >= 0.6 is 11.6 Å². The molecule has 1 aliphatic rings. The number of H-pyrrole nitrogens is 1. The molecule has 0 atom stereocenters. The molecule has 5 nitrogen and oxygen atoms in total. The van der Waals surface area contributed by atoms with E-state index < -0.39 is 0 Å². The Labute approximate surface area is 139 Å². The molecule has 3 aromatic rings. The first-order valence-electron chi connectivity index (χ1n) is 8.02. The standard InChI is InChI=1S/C17H18ClN5/c18-14-8-11(13-10-21-17-16(13)19-6-7-20-17)9-15(23-14)22-12-4-2-1-3-5-12/h6-10,12H,1-5H2,(H,20,21)(H,22,23). The normalized spacial score (nSPS) is 15.9. The minimum Gasteiger partial charge on any atom is -0.367 e. The van der Waals surface area contributed by atoms with Crippen molar-refractivity contribution < 1.29 is 0 Å². The van der Waals surface area contributed by atoms with E-state index in [2.05, 4.69) is 25.3 Å². The largest absolute Gasteiger partial charge is 0.367 e. The summed E-state index contributed by atoms with van der Waals surface area (Å²) >= 11 is 6.24. The topological polar surface area (TPSA) is 66.5 Å². The van der Waals surface area contributed by atoms with Gasteiger partial charge in [0, 0.05) is 30.2 Å². The fourth-order valence-corrected chi connectivity index (χ4v) is 3.46. The van der Waals surface area contributed by atoms with Gasteiger partial charge in [-0.15, -0.1) is 0 Å². The second-order valence-electron chi connectivity index (χ2n) is 6.00. The van der Waals surface area contributed by atoms with Crippen LogP contribution in [-0.4, -0.2) is 26.0 Å². The highest BCUT2D eigenvalue weighted by molar-refractivity contribution is 6.29. The first-order valence-corrected chi connectivity index (χ1v) is 8.40. The third kappa shape index (κ3) is 3.01. The molecule has 4 rings (SSSR count). The van der Waals surface area contributed by atoms with Crippen molar-refractivity contribution in [1.29, 1.82) is 0 Å². The molecule has 2 N–H and O–H groups in total. The van der Waals surface area contributed by atoms with Crippen LogP contribution in [0.4, 0.5) is 5.82 Å². The van der Waals surface area contributed by atoms with E-state index in [1.807, 2.05) is 18.3 Å². The smallest absolute Gasteiger partial charge is 0.156 e. The van der Waals surface area contributed by atoms with Crippen molar-refractivity contribution >= 4 is 28.6 Å². The lowest BCUT2D eigenvalue weighted by molar-refractivity contribution is 0.462. The van der Waals surface area contributed by atoms with Gasteiger partial charge in [-0.1, -0.05) is 30.9 Å². The molecule has 3 aromatic heterocycles. The van der Waals surface area contributed by atoms with Crippen molar-refractivity contribution in [1.82, 2.24) is 19.9 Å². The Morgan fingerprint density at radius 2 is 1.91 bits per heavy atom. The first-order chi connectivity index (χ1) is 11.3. The zero-order chi connectivity index (χ0) is 15.6. The molecule has 0 unspecified atom stereocenters. The summed E-state index contributed by atoms with van der Waals surface area (Å²) < 4.78 is 0. The highest BCUT2D eigenvalue weighted by atomic mass is 35.5. The lowest BCUT2D eigenvalue weighted by atomic mass is 9.95. The van der Waals surface area contributed by atoms with Crippen LogP contribution in [0.15, 0.2) is 30.7 Å². The van der Waals surface area contributed by atoms with E-state index >= 15 is 0 Å². The number of anilines is 1. The average molecular weight is 328 g/mol. The summed E-state index contributed by atoms with van der Waals surface area (Å²) in [5.41, 5.74) is 3.61. The lowest BCUT2D eigenvalue weighted by Crippen LogP contribution is -2.22. The molecule has 0 bridgehead atoms. The monoisotopic (exact) mass is 327 g/mol. The van der Waals surface area contributed by atoms with Gasteiger partial charge in [-0.25, -0.2) is 9.97 Å². The maximum Gasteiger partial charge on any atom is 0.156 e. The molecular weight excluding hydrogens is 310 g/mol. The van der Waals surface area contributed by atoms with E-state index in [-0.39, 0.29) is 0 Å². The van der Waals surface area contributed by atoms with Gasteiger partial charge >= 0.3 is 0 Å². The van der Waals surface area contributed by atoms with Crippen LogP contribution in [-0.2, 0) is 0 Å². The molecule has 118 valence electrons. The van der Waals surface area contributed by atoms with Crippen LogP contribution in [0.3, 0.4) is 0 Å². The van der Waals surface area contributed by atoms with Crippen LogP contribution in [0.1, 0.15) is 32.1 Å². The van der Waals surface area contributed by atoms with Gasteiger partial charge in [0.2, 0.25) is 0 Å². The molecule has 0 saturated heterocycles. The average Bonchev–Trinajstić information content (AvgIpc) is 2.99. The summed E-state index contributed by atoms with van der Waals surface area (Å²) in [5.74, 6) is 0.831. The van der Waals surface area contributed by atoms with E-state index in [1.165, 1.54) is 32.1 Å². The third-order valence-electron chi connectivity index (χ3n) is 4.37. The molecule has 1 aliphatic carbocycles. The van der Waals surface area contributed by atoms with Gasteiger partial charge in [-0.3, -0.25) is 4.98 Å². The molecule has 3 heterocycles. The first kappa shape index (κ1) is 14.5. The van der Waals surface area contributed by atoms with Crippen molar-refractivity contribution in [2.45, 2.75) is 38.1 Å². The molecule has 6 heteroatoms. The van der Waals surface area contributed by atoms with E-state index in [0.29, 0.717) is 11.2 Å². The molecule has 0 spiro atoms. The van der Waals surface area contributed by atoms with Gasteiger partial charge in [0.1, 0.15) is 16.5 Å². The number of halogens is 1. The molecule has 1 fully saturated rings. The second kappa shape index (κ2) is 6.16. The van der Waals surface area contributed by atoms with E-state index in [9.17, 15) is 0 Å². The molecule has 1 saturated carbocycles. The van der Waals surface area contributed by atoms with E-state index in [1.54, 1.807) is 12.4 Å². The molecule has 0 aromatic carbocycles. The maximum atomic E-state index is 6.24. The van der Waals surface area contributed by atoms with Gasteiger partial charge in [-0.05, 0) is 30.5 Å². The Kier molecular flexibility index (Phi) is 3.87. The Bertz CT molecular complexity index is 823. The van der Waals surface area contributed by atoms with Crippen molar-refractivity contribution in [2.75, 3.05) is 5.32 Å². The van der Waals surface area contributed by atoms with Crippen molar-refractivity contribution in [3.8, 4) is 11.1 Å². The number of nitrogens with one attached hydrogen (secondary N) is 2. The van der Waals surface area contributed by atoms with Gasteiger partial charge in [-0.2, -0.15) is 0 Å². The van der Waals surface area contributed by atoms with Crippen molar-refractivity contribution in [3.05, 3.63) is 35.9 Å². The minimum atomic E-state index is 0.485. The predicted molar refractivity (Wildman–Crippen MR) is 92.6 cm³/mol. The SMILES string of the molecule is Clc1cc(-c2c[nH]c3nccnc23)cc(NC2CCCCC2)n1. The number of aromatic amines is 1. The summed E-state index contributed by atoms with van der Waals surface area (Å²) in [6, 6.07) is 4.40. The fraction of sp³-hybridized carbons (Fsp3) is 0.353. The quantitative estimate of drug-likeness (QED) is 0.699. The number of hydrogen-bond donors (Lipinski definition) is 2. The number of fused-ring (bicyclic) bond motifs is 1. The molecular formula is C17H18ClN5. The van der Waals surface area contributed by atoms with Gasteiger partial charge in [0.15, 0.2) is 5.65 Å². The summed E-state index contributed by atoms with van der Waals surface area (Å²) in [4.78, 5) is 16.3. The van der Waals surface area contributed by atoms with Gasteiger partial charge in [0.05, 0.1) is 0 Å². The summed E-state index contributed by atoms with van der Waals surface area (Å²) in [6.07, 6.45) is 11.6. The fourth-order valence-electron chi connectivity index (χ4n) is 3.25. The summed E-state index contributed by atoms with van der Waals surface area (Å²) in [5, 5.41) is 4.02. The number of rotatable bonds is 3. The Morgan fingerprint density at radius 3 is 2.78 bits per heavy atom. The number of pyridine rings is 1. The van der Waals surface area contributed by atoms with Crippen molar-refractivity contribution in [3.63, 3.8) is 0 Å². The van der Waals surface area contributed by atoms with Crippen LogP contribution < -0.4 is 5.32 Å².